The SMILES string of the molecule is CC(=O)N1c2ccccc2[C@H]2OO[C@]21C. The summed E-state index contributed by atoms with van der Waals surface area (Å²) in [5.41, 5.74) is 1.24. The molecule has 0 spiro atoms. The molecule has 1 aromatic rings. The van der Waals surface area contributed by atoms with E-state index in [4.69, 9.17) is 9.78 Å². The highest BCUT2D eigenvalue weighted by Crippen LogP contribution is 2.54. The Kier molecular flexibility index (Phi) is 1.53. The van der Waals surface area contributed by atoms with Crippen molar-refractivity contribution >= 4 is 11.6 Å². The molecule has 0 bridgehead atoms. The highest BCUT2D eigenvalue weighted by molar-refractivity contribution is 5.95. The van der Waals surface area contributed by atoms with Gasteiger partial charge in [0.1, 0.15) is 0 Å². The molecule has 15 heavy (non-hydrogen) atoms. The molecule has 1 amide bonds. The van der Waals surface area contributed by atoms with Crippen molar-refractivity contribution in [3.8, 4) is 0 Å². The van der Waals surface area contributed by atoms with E-state index in [0.29, 0.717) is 0 Å². The molecular weight excluding hydrogens is 194 g/mol. The first-order chi connectivity index (χ1) is 7.14. The number of amides is 1. The summed E-state index contributed by atoms with van der Waals surface area (Å²) in [6.07, 6.45) is -0.155. The summed E-state index contributed by atoms with van der Waals surface area (Å²) in [6, 6.07) is 7.71. The predicted molar refractivity (Wildman–Crippen MR) is 52.9 cm³/mol. The van der Waals surface area contributed by atoms with Gasteiger partial charge in [-0.05, 0) is 13.0 Å². The highest BCUT2D eigenvalue weighted by atomic mass is 17.3. The molecule has 78 valence electrons. The van der Waals surface area contributed by atoms with E-state index in [1.807, 2.05) is 31.2 Å². The number of hydrogen-bond donors (Lipinski definition) is 0. The molecule has 0 aromatic heterocycles. The molecule has 0 saturated carbocycles. The average molecular weight is 205 g/mol. The number of nitrogens with zero attached hydrogens (tertiary/aromatic N) is 1. The van der Waals surface area contributed by atoms with E-state index in [0.717, 1.165) is 11.3 Å². The molecule has 0 aliphatic carbocycles. The zero-order valence-electron chi connectivity index (χ0n) is 8.56. The van der Waals surface area contributed by atoms with Crippen LogP contribution in [0.4, 0.5) is 5.69 Å². The Hall–Kier alpha value is -1.39. The van der Waals surface area contributed by atoms with E-state index >= 15 is 0 Å². The minimum absolute atomic E-state index is 0.0317. The van der Waals surface area contributed by atoms with Crippen molar-refractivity contribution < 1.29 is 14.6 Å². The number of benzene rings is 1. The molecule has 0 N–H and O–H groups in total. The van der Waals surface area contributed by atoms with Crippen molar-refractivity contribution in [2.24, 2.45) is 0 Å². The number of carbonyl (C=O) groups excluding carboxylic acids is 1. The van der Waals surface area contributed by atoms with Crippen LogP contribution in [0.2, 0.25) is 0 Å². The number of hydrogen-bond acceptors (Lipinski definition) is 3. The van der Waals surface area contributed by atoms with Crippen LogP contribution < -0.4 is 4.90 Å². The van der Waals surface area contributed by atoms with Crippen LogP contribution in [0, 0.1) is 0 Å². The van der Waals surface area contributed by atoms with Crippen molar-refractivity contribution in [1.29, 1.82) is 0 Å². The third-order valence-corrected chi connectivity index (χ3v) is 3.02. The van der Waals surface area contributed by atoms with Crippen molar-refractivity contribution in [3.63, 3.8) is 0 Å². The van der Waals surface area contributed by atoms with Gasteiger partial charge in [0.05, 0.1) is 5.69 Å². The minimum atomic E-state index is -0.657. The third kappa shape index (κ3) is 0.905. The second-order valence-corrected chi connectivity index (χ2v) is 4.03. The van der Waals surface area contributed by atoms with Crippen LogP contribution in [0.5, 0.6) is 0 Å². The lowest BCUT2D eigenvalue weighted by atomic mass is 10.0. The normalized spacial score (nSPS) is 31.9. The Labute approximate surface area is 87.3 Å². The molecule has 2 heterocycles. The van der Waals surface area contributed by atoms with E-state index in [1.54, 1.807) is 4.90 Å². The fourth-order valence-corrected chi connectivity index (χ4v) is 2.36. The summed E-state index contributed by atoms with van der Waals surface area (Å²) >= 11 is 0. The minimum Gasteiger partial charge on any atom is -0.278 e. The highest BCUT2D eigenvalue weighted by Gasteiger charge is 2.60. The Morgan fingerprint density at radius 1 is 1.47 bits per heavy atom. The van der Waals surface area contributed by atoms with E-state index in [-0.39, 0.29) is 12.0 Å². The Balaban J connectivity index is 2.19. The van der Waals surface area contributed by atoms with Crippen LogP contribution >= 0.6 is 0 Å². The maximum atomic E-state index is 11.6. The smallest absolute Gasteiger partial charge is 0.226 e. The summed E-state index contributed by atoms with van der Waals surface area (Å²) in [6.45, 7) is 3.40. The van der Waals surface area contributed by atoms with Crippen molar-refractivity contribution in [2.45, 2.75) is 25.7 Å². The van der Waals surface area contributed by atoms with Crippen molar-refractivity contribution in [2.75, 3.05) is 4.90 Å². The van der Waals surface area contributed by atoms with E-state index in [1.165, 1.54) is 6.92 Å². The lowest BCUT2D eigenvalue weighted by molar-refractivity contribution is -0.504. The average Bonchev–Trinajstić information content (AvgIpc) is 2.34. The molecule has 2 aliphatic heterocycles. The Bertz CT molecular complexity index is 445. The number of para-hydroxylation sites is 1. The number of carbonyl (C=O) groups is 1. The predicted octanol–water partition coefficient (Wildman–Crippen LogP) is 1.77. The van der Waals surface area contributed by atoms with Gasteiger partial charge in [-0.2, -0.15) is 0 Å². The summed E-state index contributed by atoms with van der Waals surface area (Å²) in [5, 5.41) is 0. The molecule has 1 fully saturated rings. The Morgan fingerprint density at radius 3 is 2.80 bits per heavy atom. The largest absolute Gasteiger partial charge is 0.278 e. The van der Waals surface area contributed by atoms with Gasteiger partial charge in [0.25, 0.3) is 0 Å². The van der Waals surface area contributed by atoms with Crippen LogP contribution in [-0.2, 0) is 14.6 Å². The maximum absolute atomic E-state index is 11.6. The van der Waals surface area contributed by atoms with Gasteiger partial charge < -0.3 is 0 Å². The maximum Gasteiger partial charge on any atom is 0.226 e. The zero-order valence-corrected chi connectivity index (χ0v) is 8.56. The molecule has 2 atom stereocenters. The van der Waals surface area contributed by atoms with Crippen LogP contribution in [-0.4, -0.2) is 11.6 Å². The monoisotopic (exact) mass is 205 g/mol. The van der Waals surface area contributed by atoms with Gasteiger partial charge in [0.15, 0.2) is 6.10 Å². The fraction of sp³-hybridized carbons (Fsp3) is 0.364. The van der Waals surface area contributed by atoms with Crippen LogP contribution in [0.1, 0.15) is 25.5 Å². The van der Waals surface area contributed by atoms with Gasteiger partial charge in [-0.3, -0.25) is 9.69 Å². The second kappa shape index (κ2) is 2.59. The molecule has 1 saturated heterocycles. The first-order valence-corrected chi connectivity index (χ1v) is 4.89. The molecule has 2 aliphatic rings. The Morgan fingerprint density at radius 2 is 2.20 bits per heavy atom. The van der Waals surface area contributed by atoms with Gasteiger partial charge in [-0.15, -0.1) is 0 Å². The number of fused-ring (bicyclic) bond motifs is 3. The quantitative estimate of drug-likeness (QED) is 0.606. The molecular formula is C11H11NO3. The van der Waals surface area contributed by atoms with Gasteiger partial charge in [-0.25, -0.2) is 9.78 Å². The zero-order chi connectivity index (χ0) is 10.6. The van der Waals surface area contributed by atoms with Crippen molar-refractivity contribution in [1.82, 2.24) is 0 Å². The number of rotatable bonds is 0. The van der Waals surface area contributed by atoms with Crippen LogP contribution in [0.3, 0.4) is 0 Å². The molecule has 0 unspecified atom stereocenters. The molecule has 4 heteroatoms. The first kappa shape index (κ1) is 8.88. The van der Waals surface area contributed by atoms with E-state index < -0.39 is 5.72 Å². The summed E-state index contributed by atoms with van der Waals surface area (Å²) in [7, 11) is 0. The van der Waals surface area contributed by atoms with E-state index in [9.17, 15) is 4.79 Å². The number of anilines is 1. The first-order valence-electron chi connectivity index (χ1n) is 4.89. The molecule has 1 aromatic carbocycles. The second-order valence-electron chi connectivity index (χ2n) is 4.03. The molecule has 4 nitrogen and oxygen atoms in total. The summed E-state index contributed by atoms with van der Waals surface area (Å²) in [4.78, 5) is 23.4. The van der Waals surface area contributed by atoms with Gasteiger partial charge in [0, 0.05) is 12.5 Å². The molecule has 3 rings (SSSR count). The topological polar surface area (TPSA) is 38.8 Å². The molecule has 0 radical (unpaired) electrons. The lowest BCUT2D eigenvalue weighted by Gasteiger charge is -2.43. The van der Waals surface area contributed by atoms with E-state index in [2.05, 4.69) is 0 Å². The van der Waals surface area contributed by atoms with Crippen molar-refractivity contribution in [3.05, 3.63) is 29.8 Å². The van der Waals surface area contributed by atoms with Gasteiger partial charge in [-0.1, -0.05) is 18.2 Å². The standard InChI is InChI=1S/C11H11NO3/c1-7(13)12-9-6-4-3-5-8(9)10-11(12,2)15-14-10/h3-6,10H,1-2H3/t10-,11-/m1/s1. The van der Waals surface area contributed by atoms with Crippen LogP contribution in [0.25, 0.3) is 0 Å². The fourth-order valence-electron chi connectivity index (χ4n) is 2.36. The van der Waals surface area contributed by atoms with Crippen LogP contribution in [0.15, 0.2) is 24.3 Å². The third-order valence-electron chi connectivity index (χ3n) is 3.02. The lowest BCUT2D eigenvalue weighted by Crippen LogP contribution is -2.57. The summed E-state index contributed by atoms with van der Waals surface area (Å²) in [5.74, 6) is -0.0317. The van der Waals surface area contributed by atoms with Gasteiger partial charge >= 0.3 is 0 Å². The summed E-state index contributed by atoms with van der Waals surface area (Å²) < 4.78 is 0. The van der Waals surface area contributed by atoms with Gasteiger partial charge in [0.2, 0.25) is 11.6 Å².